The van der Waals surface area contributed by atoms with E-state index in [9.17, 15) is 34.7 Å². The molecule has 140 valence electrons. The van der Waals surface area contributed by atoms with Crippen LogP contribution >= 0.6 is 7.82 Å². The minimum Gasteiger partial charge on any atom is -0.505 e. The third-order valence-corrected chi connectivity index (χ3v) is 4.52. The lowest BCUT2D eigenvalue weighted by Gasteiger charge is -2.31. The molecular formula is C13H23O10P. The van der Waals surface area contributed by atoms with Gasteiger partial charge in [0.05, 0.1) is 6.10 Å². The Bertz CT molecular complexity index is 533. The van der Waals surface area contributed by atoms with Gasteiger partial charge in [-0.15, -0.1) is 0 Å². The van der Waals surface area contributed by atoms with Crippen LogP contribution in [0, 0.1) is 0 Å². The molecule has 1 heterocycles. The smallest absolute Gasteiger partial charge is 0.475 e. The molecule has 4 atom stereocenters. The number of aliphatic hydroxyl groups excluding tert-OH is 3. The second-order valence-corrected chi connectivity index (χ2v) is 6.82. The molecule has 5 N–H and O–H groups in total. The Kier molecular flexibility index (Phi) is 7.21. The van der Waals surface area contributed by atoms with E-state index in [0.29, 0.717) is 6.42 Å². The molecule has 0 aromatic carbocycles. The van der Waals surface area contributed by atoms with Crippen LogP contribution in [0.3, 0.4) is 0 Å². The Hall–Kier alpha value is -1.16. The molecule has 0 saturated carbocycles. The Morgan fingerprint density at radius 3 is 2.46 bits per heavy atom. The molecule has 24 heavy (non-hydrogen) atoms. The van der Waals surface area contributed by atoms with Gasteiger partial charge in [0.1, 0.15) is 6.61 Å². The van der Waals surface area contributed by atoms with Crippen LogP contribution < -0.4 is 0 Å². The Morgan fingerprint density at radius 1 is 1.38 bits per heavy atom. The van der Waals surface area contributed by atoms with E-state index in [1.54, 1.807) is 0 Å². The lowest BCUT2D eigenvalue weighted by Crippen LogP contribution is -2.49. The number of rotatable bonds is 10. The molecule has 0 aromatic heterocycles. The number of phosphoric acid groups is 1. The van der Waals surface area contributed by atoms with Crippen LogP contribution in [0.25, 0.3) is 0 Å². The Balaban J connectivity index is 2.79. The van der Waals surface area contributed by atoms with Crippen LogP contribution in [0.2, 0.25) is 0 Å². The summed E-state index contributed by atoms with van der Waals surface area (Å²) in [5, 5.41) is 38.1. The van der Waals surface area contributed by atoms with Crippen LogP contribution in [-0.4, -0.2) is 55.9 Å². The number of hydrogen-bond donors (Lipinski definition) is 5. The van der Waals surface area contributed by atoms with Gasteiger partial charge in [-0.25, -0.2) is 13.9 Å². The van der Waals surface area contributed by atoms with Gasteiger partial charge in [-0.3, -0.25) is 4.52 Å². The average molecular weight is 370 g/mol. The summed E-state index contributed by atoms with van der Waals surface area (Å²) < 4.78 is 25.8. The number of unbranched alkanes of at least 4 members (excludes halogenated alkanes) is 2. The average Bonchev–Trinajstić information content (AvgIpc) is 2.74. The first kappa shape index (κ1) is 20.9. The van der Waals surface area contributed by atoms with Crippen molar-refractivity contribution in [1.82, 2.24) is 0 Å². The highest BCUT2D eigenvalue weighted by Gasteiger charge is 2.53. The van der Waals surface area contributed by atoms with E-state index in [-0.39, 0.29) is 0 Å². The first-order valence-electron chi connectivity index (χ1n) is 7.44. The zero-order chi connectivity index (χ0) is 18.5. The monoisotopic (exact) mass is 370 g/mol. The molecule has 0 aliphatic carbocycles. The van der Waals surface area contributed by atoms with Gasteiger partial charge in [0.2, 0.25) is 17.7 Å². The Labute approximate surface area is 138 Å². The normalized spacial score (nSPS) is 24.4. The summed E-state index contributed by atoms with van der Waals surface area (Å²) in [5.41, 5.74) is 0. The van der Waals surface area contributed by atoms with E-state index in [4.69, 9.17) is 4.52 Å². The highest BCUT2D eigenvalue weighted by atomic mass is 31.2. The zero-order valence-corrected chi connectivity index (χ0v) is 14.3. The molecule has 0 fully saturated rings. The quantitative estimate of drug-likeness (QED) is 0.162. The van der Waals surface area contributed by atoms with Crippen molar-refractivity contribution in [3.63, 3.8) is 0 Å². The van der Waals surface area contributed by atoms with E-state index in [1.165, 1.54) is 6.92 Å². The number of ether oxygens (including phenoxy) is 1. The molecule has 1 rings (SSSR count). The summed E-state index contributed by atoms with van der Waals surface area (Å²) in [4.78, 5) is 20.9. The van der Waals surface area contributed by atoms with Crippen molar-refractivity contribution in [2.24, 2.45) is 0 Å². The van der Waals surface area contributed by atoms with Crippen LogP contribution in [0.1, 0.15) is 39.5 Å². The number of esters is 1. The molecule has 0 radical (unpaired) electrons. The second-order valence-electron chi connectivity index (χ2n) is 5.49. The highest BCUT2D eigenvalue weighted by Crippen LogP contribution is 2.50. The fourth-order valence-electron chi connectivity index (χ4n) is 2.10. The summed E-state index contributed by atoms with van der Waals surface area (Å²) in [6.07, 6.45) is 0.310. The molecular weight excluding hydrogens is 347 g/mol. The number of aliphatic hydroxyl groups is 4. The third-order valence-electron chi connectivity index (χ3n) is 3.35. The third kappa shape index (κ3) is 5.17. The second kappa shape index (κ2) is 8.28. The first-order chi connectivity index (χ1) is 11.1. The van der Waals surface area contributed by atoms with Crippen molar-refractivity contribution < 1.29 is 48.5 Å². The zero-order valence-electron chi connectivity index (χ0n) is 13.4. The fraction of sp³-hybridized carbons (Fsp3) is 0.769. The molecule has 0 spiro atoms. The maximum atomic E-state index is 12.0. The summed E-state index contributed by atoms with van der Waals surface area (Å²) in [6, 6.07) is 0. The molecule has 0 saturated heterocycles. The summed E-state index contributed by atoms with van der Waals surface area (Å²) in [6.45, 7) is 2.20. The maximum Gasteiger partial charge on any atom is 0.475 e. The Morgan fingerprint density at radius 2 is 2.00 bits per heavy atom. The molecule has 0 bridgehead atoms. The van der Waals surface area contributed by atoms with Crippen molar-refractivity contribution in [2.75, 3.05) is 6.61 Å². The number of carbonyl (C=O) groups excluding carboxylic acids is 1. The molecule has 11 heteroatoms. The molecule has 0 amide bonds. The van der Waals surface area contributed by atoms with Crippen molar-refractivity contribution in [3.05, 3.63) is 11.5 Å². The molecule has 10 nitrogen and oxygen atoms in total. The standard InChI is InChI=1S/C13H23O10P/c1-3-4-5-6-8(2)22-24(19,20)23-13(18,7-14)11-9(15)10(16)12(17)21-11/h8,11,14-16,18H,3-7H2,1-2H3,(H,19,20)/t8?,11-,13+/m0/s1. The fourth-order valence-corrected chi connectivity index (χ4v) is 3.25. The lowest BCUT2D eigenvalue weighted by molar-refractivity contribution is -0.234. The minimum absolute atomic E-state index is 0.462. The number of carbonyl (C=O) groups is 1. The van der Waals surface area contributed by atoms with Gasteiger partial charge in [-0.05, 0) is 13.3 Å². The minimum atomic E-state index is -4.87. The topological polar surface area (TPSA) is 163 Å². The van der Waals surface area contributed by atoms with E-state index in [2.05, 4.69) is 9.26 Å². The number of phosphoric ester groups is 1. The van der Waals surface area contributed by atoms with Gasteiger partial charge in [0.25, 0.3) is 0 Å². The van der Waals surface area contributed by atoms with E-state index in [1.807, 2.05) is 6.92 Å². The summed E-state index contributed by atoms with van der Waals surface area (Å²) >= 11 is 0. The number of hydrogen-bond acceptors (Lipinski definition) is 9. The predicted octanol–water partition coefficient (Wildman–Crippen LogP) is 1.02. The van der Waals surface area contributed by atoms with Crippen LogP contribution in [-0.2, 0) is 23.1 Å². The van der Waals surface area contributed by atoms with Crippen LogP contribution in [0.5, 0.6) is 0 Å². The van der Waals surface area contributed by atoms with Gasteiger partial charge >= 0.3 is 13.8 Å². The maximum absolute atomic E-state index is 12.0. The van der Waals surface area contributed by atoms with Gasteiger partial charge < -0.3 is 30.1 Å². The van der Waals surface area contributed by atoms with E-state index < -0.39 is 49.9 Å². The summed E-state index contributed by atoms with van der Waals surface area (Å²) in [5.74, 6) is -6.68. The van der Waals surface area contributed by atoms with Gasteiger partial charge in [-0.1, -0.05) is 26.2 Å². The van der Waals surface area contributed by atoms with Crippen molar-refractivity contribution in [1.29, 1.82) is 0 Å². The molecule has 1 aliphatic heterocycles. The highest BCUT2D eigenvalue weighted by molar-refractivity contribution is 7.47. The summed E-state index contributed by atoms with van der Waals surface area (Å²) in [7, 11) is -4.87. The van der Waals surface area contributed by atoms with E-state index in [0.717, 1.165) is 19.3 Å². The first-order valence-corrected chi connectivity index (χ1v) is 8.94. The molecule has 0 aromatic rings. The molecule has 2 unspecified atom stereocenters. The predicted molar refractivity (Wildman–Crippen MR) is 79.8 cm³/mol. The van der Waals surface area contributed by atoms with Crippen molar-refractivity contribution in [3.8, 4) is 0 Å². The van der Waals surface area contributed by atoms with Crippen LogP contribution in [0.4, 0.5) is 0 Å². The lowest BCUT2D eigenvalue weighted by atomic mass is 10.1. The van der Waals surface area contributed by atoms with E-state index >= 15 is 0 Å². The van der Waals surface area contributed by atoms with Gasteiger partial charge in [-0.2, -0.15) is 0 Å². The van der Waals surface area contributed by atoms with Crippen LogP contribution in [0.15, 0.2) is 11.5 Å². The SMILES string of the molecule is CCCCCC(C)OP(=O)(O)O[C@](O)(CO)[C@H]1OC(=O)C(O)=C1O. The molecule has 1 aliphatic rings. The van der Waals surface area contributed by atoms with Crippen molar-refractivity contribution in [2.45, 2.75) is 57.5 Å². The van der Waals surface area contributed by atoms with Gasteiger partial charge in [0.15, 0.2) is 5.76 Å². The van der Waals surface area contributed by atoms with Gasteiger partial charge in [0, 0.05) is 0 Å². The number of cyclic esters (lactones) is 1. The van der Waals surface area contributed by atoms with Crippen molar-refractivity contribution >= 4 is 13.8 Å². The largest absolute Gasteiger partial charge is 0.505 e.